The van der Waals surface area contributed by atoms with Gasteiger partial charge < -0.3 is 23.9 Å². The van der Waals surface area contributed by atoms with E-state index in [0.717, 1.165) is 11.1 Å². The molecular weight excluding hydrogens is 384 g/mol. The molecule has 1 fully saturated rings. The highest BCUT2D eigenvalue weighted by atomic mass is 16.6. The fourth-order valence-corrected chi connectivity index (χ4v) is 3.29. The average Bonchev–Trinajstić information content (AvgIpc) is 2.75. The summed E-state index contributed by atoms with van der Waals surface area (Å²) in [6, 6.07) is 15.4. The van der Waals surface area contributed by atoms with E-state index in [1.807, 2.05) is 62.4 Å². The van der Waals surface area contributed by atoms with Crippen molar-refractivity contribution in [2.45, 2.75) is 32.7 Å². The Balaban J connectivity index is 1.54. The maximum absolute atomic E-state index is 12.3. The van der Waals surface area contributed by atoms with Crippen molar-refractivity contribution in [2.24, 2.45) is 5.16 Å². The molecule has 3 rings (SSSR count). The SMILES string of the molecule is COc1ccc(/C=N/OCC(=O)N2C[C@@H](C)O[C@@H](C)C2)cc1OCc1ccccc1. The Morgan fingerprint density at radius 2 is 1.87 bits per heavy atom. The molecule has 1 aliphatic rings. The molecule has 1 amide bonds. The van der Waals surface area contributed by atoms with E-state index in [0.29, 0.717) is 31.2 Å². The van der Waals surface area contributed by atoms with Crippen LogP contribution in [0.25, 0.3) is 0 Å². The van der Waals surface area contributed by atoms with Crippen molar-refractivity contribution in [3.05, 3.63) is 59.7 Å². The summed E-state index contributed by atoms with van der Waals surface area (Å²) in [5, 5.41) is 3.93. The first-order valence-corrected chi connectivity index (χ1v) is 9.98. The summed E-state index contributed by atoms with van der Waals surface area (Å²) in [7, 11) is 1.60. The van der Waals surface area contributed by atoms with Crippen LogP contribution in [-0.4, -0.2) is 56.0 Å². The molecule has 2 atom stereocenters. The van der Waals surface area contributed by atoms with Crippen molar-refractivity contribution in [1.82, 2.24) is 4.90 Å². The fraction of sp³-hybridized carbons (Fsp3) is 0.391. The smallest absolute Gasteiger partial charge is 0.263 e. The van der Waals surface area contributed by atoms with Gasteiger partial charge in [-0.05, 0) is 37.6 Å². The Bertz CT molecular complexity index is 846. The van der Waals surface area contributed by atoms with Crippen molar-refractivity contribution in [2.75, 3.05) is 26.8 Å². The minimum absolute atomic E-state index is 0.0230. The van der Waals surface area contributed by atoms with E-state index < -0.39 is 0 Å². The van der Waals surface area contributed by atoms with Gasteiger partial charge in [-0.2, -0.15) is 0 Å². The third kappa shape index (κ3) is 6.22. The minimum atomic E-state index is -0.108. The number of hydrogen-bond acceptors (Lipinski definition) is 6. The van der Waals surface area contributed by atoms with Crippen LogP contribution < -0.4 is 9.47 Å². The number of nitrogens with zero attached hydrogens (tertiary/aromatic N) is 2. The van der Waals surface area contributed by atoms with Crippen LogP contribution in [-0.2, 0) is 21.0 Å². The predicted molar refractivity (Wildman–Crippen MR) is 114 cm³/mol. The lowest BCUT2D eigenvalue weighted by atomic mass is 10.2. The summed E-state index contributed by atoms with van der Waals surface area (Å²) < 4.78 is 16.9. The Morgan fingerprint density at radius 3 is 2.57 bits per heavy atom. The van der Waals surface area contributed by atoms with E-state index in [1.165, 1.54) is 0 Å². The summed E-state index contributed by atoms with van der Waals surface area (Å²) in [4.78, 5) is 19.3. The summed E-state index contributed by atoms with van der Waals surface area (Å²) in [6.07, 6.45) is 1.59. The molecule has 0 bridgehead atoms. The fourth-order valence-electron chi connectivity index (χ4n) is 3.29. The molecule has 160 valence electrons. The van der Waals surface area contributed by atoms with E-state index in [9.17, 15) is 4.79 Å². The van der Waals surface area contributed by atoms with Crippen molar-refractivity contribution >= 4 is 12.1 Å². The van der Waals surface area contributed by atoms with Crippen LogP contribution in [0.4, 0.5) is 0 Å². The Kier molecular flexibility index (Phi) is 7.68. The third-order valence-electron chi connectivity index (χ3n) is 4.66. The summed E-state index contributed by atoms with van der Waals surface area (Å²) in [5.41, 5.74) is 1.84. The maximum atomic E-state index is 12.3. The topological polar surface area (TPSA) is 69.6 Å². The van der Waals surface area contributed by atoms with Gasteiger partial charge in [-0.25, -0.2) is 0 Å². The van der Waals surface area contributed by atoms with E-state index in [4.69, 9.17) is 19.0 Å². The van der Waals surface area contributed by atoms with Gasteiger partial charge in [0, 0.05) is 18.7 Å². The number of carbonyl (C=O) groups is 1. The van der Waals surface area contributed by atoms with Crippen LogP contribution in [0, 0.1) is 0 Å². The van der Waals surface area contributed by atoms with E-state index in [2.05, 4.69) is 5.16 Å². The molecule has 30 heavy (non-hydrogen) atoms. The number of benzene rings is 2. The molecular formula is C23H28N2O5. The number of amides is 1. The number of oxime groups is 1. The van der Waals surface area contributed by atoms with Gasteiger partial charge in [0.2, 0.25) is 0 Å². The highest BCUT2D eigenvalue weighted by molar-refractivity contribution is 5.81. The first-order chi connectivity index (χ1) is 14.5. The zero-order chi connectivity index (χ0) is 21.3. The maximum Gasteiger partial charge on any atom is 0.263 e. The molecule has 0 aromatic heterocycles. The van der Waals surface area contributed by atoms with Gasteiger partial charge in [0.25, 0.3) is 5.91 Å². The predicted octanol–water partition coefficient (Wildman–Crippen LogP) is 3.26. The molecule has 0 aliphatic carbocycles. The molecule has 0 spiro atoms. The second-order valence-electron chi connectivity index (χ2n) is 7.25. The third-order valence-corrected chi connectivity index (χ3v) is 4.66. The van der Waals surface area contributed by atoms with Crippen LogP contribution >= 0.6 is 0 Å². The molecule has 7 heteroatoms. The number of morpholine rings is 1. The zero-order valence-corrected chi connectivity index (χ0v) is 17.6. The minimum Gasteiger partial charge on any atom is -0.493 e. The lowest BCUT2D eigenvalue weighted by Crippen LogP contribution is -2.49. The molecule has 0 unspecified atom stereocenters. The Morgan fingerprint density at radius 1 is 1.13 bits per heavy atom. The highest BCUT2D eigenvalue weighted by Crippen LogP contribution is 2.28. The number of hydrogen-bond donors (Lipinski definition) is 0. The second-order valence-corrected chi connectivity index (χ2v) is 7.25. The monoisotopic (exact) mass is 412 g/mol. The Labute approximate surface area is 177 Å². The number of methoxy groups -OCH3 is 1. The largest absolute Gasteiger partial charge is 0.493 e. The highest BCUT2D eigenvalue weighted by Gasteiger charge is 2.25. The van der Waals surface area contributed by atoms with E-state index in [-0.39, 0.29) is 24.7 Å². The quantitative estimate of drug-likeness (QED) is 0.492. The van der Waals surface area contributed by atoms with Crippen molar-refractivity contribution in [1.29, 1.82) is 0 Å². The van der Waals surface area contributed by atoms with Crippen molar-refractivity contribution in [3.63, 3.8) is 0 Å². The number of rotatable bonds is 8. The van der Waals surface area contributed by atoms with Crippen LogP contribution in [0.15, 0.2) is 53.7 Å². The molecule has 2 aromatic carbocycles. The molecule has 1 heterocycles. The average molecular weight is 412 g/mol. The standard InChI is InChI=1S/C23H28N2O5/c1-17-13-25(14-18(2)30-17)23(26)16-29-24-12-20-9-10-21(27-3)22(11-20)28-15-19-7-5-4-6-8-19/h4-12,17-18H,13-16H2,1-3H3/b24-12+/t17-,18+. The number of ether oxygens (including phenoxy) is 3. The van der Waals surface area contributed by atoms with E-state index in [1.54, 1.807) is 18.2 Å². The van der Waals surface area contributed by atoms with Gasteiger partial charge in [0.15, 0.2) is 18.1 Å². The molecule has 0 N–H and O–H groups in total. The first kappa shape index (κ1) is 21.6. The summed E-state index contributed by atoms with van der Waals surface area (Å²) >= 11 is 0. The summed E-state index contributed by atoms with van der Waals surface area (Å²) in [6.45, 7) is 5.36. The summed E-state index contributed by atoms with van der Waals surface area (Å²) in [5.74, 6) is 1.14. The van der Waals surface area contributed by atoms with Gasteiger partial charge >= 0.3 is 0 Å². The molecule has 1 saturated heterocycles. The van der Waals surface area contributed by atoms with Crippen molar-refractivity contribution < 1.29 is 23.8 Å². The molecule has 1 aliphatic heterocycles. The normalized spacial score (nSPS) is 19.0. The van der Waals surface area contributed by atoms with Gasteiger partial charge in [0.1, 0.15) is 6.61 Å². The number of carbonyl (C=O) groups excluding carboxylic acids is 1. The van der Waals surface area contributed by atoms with Crippen molar-refractivity contribution in [3.8, 4) is 11.5 Å². The van der Waals surface area contributed by atoms with Crippen LogP contribution in [0.3, 0.4) is 0 Å². The van der Waals surface area contributed by atoms with Gasteiger partial charge in [-0.1, -0.05) is 35.5 Å². The van der Waals surface area contributed by atoms with Crippen LogP contribution in [0.2, 0.25) is 0 Å². The zero-order valence-electron chi connectivity index (χ0n) is 17.6. The van der Waals surface area contributed by atoms with Crippen LogP contribution in [0.5, 0.6) is 11.5 Å². The Hall–Kier alpha value is -3.06. The molecule has 2 aromatic rings. The van der Waals surface area contributed by atoms with Crippen LogP contribution in [0.1, 0.15) is 25.0 Å². The first-order valence-electron chi connectivity index (χ1n) is 9.98. The second kappa shape index (κ2) is 10.6. The van der Waals surface area contributed by atoms with Gasteiger partial charge in [-0.15, -0.1) is 0 Å². The lowest BCUT2D eigenvalue weighted by Gasteiger charge is -2.34. The molecule has 7 nitrogen and oxygen atoms in total. The molecule has 0 saturated carbocycles. The molecule has 0 radical (unpaired) electrons. The van der Waals surface area contributed by atoms with Gasteiger partial charge in [-0.3, -0.25) is 4.79 Å². The lowest BCUT2D eigenvalue weighted by molar-refractivity contribution is -0.147. The van der Waals surface area contributed by atoms with E-state index >= 15 is 0 Å². The van der Waals surface area contributed by atoms with Gasteiger partial charge in [0.05, 0.1) is 25.5 Å².